The maximum absolute atomic E-state index is 11.4. The molecular formula is C12H13LiO5. The van der Waals surface area contributed by atoms with Crippen LogP contribution in [-0.4, -0.2) is 17.4 Å². The molecule has 92 valence electrons. The summed E-state index contributed by atoms with van der Waals surface area (Å²) < 4.78 is 9.61. The van der Waals surface area contributed by atoms with Crippen LogP contribution in [0.15, 0.2) is 34.6 Å². The molecule has 0 saturated heterocycles. The fourth-order valence-corrected chi connectivity index (χ4v) is 0.996. The van der Waals surface area contributed by atoms with Crippen molar-refractivity contribution in [3.8, 4) is 0 Å². The van der Waals surface area contributed by atoms with Gasteiger partial charge in [-0.1, -0.05) is 0 Å². The second-order valence-corrected chi connectivity index (χ2v) is 4.35. The van der Waals surface area contributed by atoms with Crippen LogP contribution in [0, 0.1) is 0 Å². The molecule has 0 spiro atoms. The maximum atomic E-state index is 11.4. The average molecular weight is 244 g/mol. The summed E-state index contributed by atoms with van der Waals surface area (Å²) in [5.74, 6) is -2.72. The molecule has 1 rings (SSSR count). The van der Waals surface area contributed by atoms with E-state index in [4.69, 9.17) is 9.15 Å². The molecule has 0 radical (unpaired) electrons. The van der Waals surface area contributed by atoms with Crippen LogP contribution in [0.5, 0.6) is 0 Å². The molecular weight excluding hydrogens is 231 g/mol. The monoisotopic (exact) mass is 244 g/mol. The largest absolute Gasteiger partial charge is 1.00 e. The number of ketones is 1. The predicted octanol–water partition coefficient (Wildman–Crippen LogP) is -1.95. The third-order valence-electron chi connectivity index (χ3n) is 1.63. The summed E-state index contributed by atoms with van der Waals surface area (Å²) in [6, 6.07) is 2.92. The second kappa shape index (κ2) is 6.48. The maximum Gasteiger partial charge on any atom is 1.00 e. The van der Waals surface area contributed by atoms with Gasteiger partial charge in [0.25, 0.3) is 0 Å². The van der Waals surface area contributed by atoms with Gasteiger partial charge in [0.15, 0.2) is 5.76 Å². The van der Waals surface area contributed by atoms with Crippen molar-refractivity contribution in [3.63, 3.8) is 0 Å². The Morgan fingerprint density at radius 3 is 2.44 bits per heavy atom. The van der Waals surface area contributed by atoms with Gasteiger partial charge < -0.3 is 14.3 Å². The minimum atomic E-state index is -1.06. The van der Waals surface area contributed by atoms with E-state index in [9.17, 15) is 14.7 Å². The van der Waals surface area contributed by atoms with Crippen molar-refractivity contribution in [1.82, 2.24) is 0 Å². The standard InChI is InChI=1S/C12H14O5.Li/c1-12(2,3)17-11(15)9(14)7-8(13)10-5-4-6-16-10;/h4-7,14H,1-3H3;/q;+1/p-1/b9-7-;. The number of hydrogen-bond acceptors (Lipinski definition) is 5. The molecule has 0 atom stereocenters. The van der Waals surface area contributed by atoms with Crippen molar-refractivity contribution < 1.29 is 42.7 Å². The van der Waals surface area contributed by atoms with Crippen LogP contribution in [-0.2, 0) is 9.53 Å². The van der Waals surface area contributed by atoms with Crippen LogP contribution < -0.4 is 24.0 Å². The van der Waals surface area contributed by atoms with Gasteiger partial charge in [-0.25, -0.2) is 4.79 Å². The molecule has 0 aromatic carbocycles. The number of esters is 1. The van der Waals surface area contributed by atoms with Gasteiger partial charge in [0.1, 0.15) is 5.60 Å². The van der Waals surface area contributed by atoms with Gasteiger partial charge in [-0.3, -0.25) is 4.79 Å². The van der Waals surface area contributed by atoms with E-state index in [0.717, 1.165) is 0 Å². The minimum Gasteiger partial charge on any atom is -0.867 e. The van der Waals surface area contributed by atoms with Gasteiger partial charge in [0.05, 0.1) is 6.26 Å². The Kier molecular flexibility index (Phi) is 5.96. The molecule has 1 heterocycles. The third kappa shape index (κ3) is 5.26. The first-order valence-corrected chi connectivity index (χ1v) is 4.99. The van der Waals surface area contributed by atoms with Crippen LogP contribution in [0.4, 0.5) is 0 Å². The number of allylic oxidation sites excluding steroid dienone is 1. The van der Waals surface area contributed by atoms with Gasteiger partial charge in [-0.05, 0) is 44.7 Å². The Morgan fingerprint density at radius 1 is 1.39 bits per heavy atom. The van der Waals surface area contributed by atoms with Crippen molar-refractivity contribution in [2.75, 3.05) is 0 Å². The molecule has 0 fully saturated rings. The molecule has 18 heavy (non-hydrogen) atoms. The molecule has 0 saturated carbocycles. The Labute approximate surface area is 117 Å². The molecule has 0 aliphatic rings. The predicted molar refractivity (Wildman–Crippen MR) is 57.0 cm³/mol. The summed E-state index contributed by atoms with van der Waals surface area (Å²) in [6.07, 6.45) is 1.96. The molecule has 0 amide bonds. The van der Waals surface area contributed by atoms with E-state index in [1.807, 2.05) is 0 Å². The first-order valence-electron chi connectivity index (χ1n) is 4.99. The van der Waals surface area contributed by atoms with Gasteiger partial charge in [-0.2, -0.15) is 0 Å². The Morgan fingerprint density at radius 2 is 2.00 bits per heavy atom. The summed E-state index contributed by atoms with van der Waals surface area (Å²) in [4.78, 5) is 22.7. The van der Waals surface area contributed by atoms with Gasteiger partial charge >= 0.3 is 24.8 Å². The summed E-state index contributed by atoms with van der Waals surface area (Å²) >= 11 is 0. The van der Waals surface area contributed by atoms with Gasteiger partial charge in [0, 0.05) is 0 Å². The van der Waals surface area contributed by atoms with E-state index in [1.165, 1.54) is 18.4 Å². The summed E-state index contributed by atoms with van der Waals surface area (Å²) in [5, 5.41) is 11.3. The van der Waals surface area contributed by atoms with E-state index >= 15 is 0 Å². The van der Waals surface area contributed by atoms with E-state index in [2.05, 4.69) is 0 Å². The van der Waals surface area contributed by atoms with Crippen molar-refractivity contribution in [2.45, 2.75) is 26.4 Å². The van der Waals surface area contributed by atoms with Crippen molar-refractivity contribution in [2.24, 2.45) is 0 Å². The number of carbonyl (C=O) groups excluding carboxylic acids is 2. The Balaban J connectivity index is 0.00000289. The zero-order valence-electron chi connectivity index (χ0n) is 10.9. The molecule has 1 aromatic heterocycles. The van der Waals surface area contributed by atoms with E-state index < -0.39 is 23.1 Å². The normalized spacial score (nSPS) is 11.6. The molecule has 5 nitrogen and oxygen atoms in total. The number of furan rings is 1. The van der Waals surface area contributed by atoms with Crippen LogP contribution in [0.2, 0.25) is 0 Å². The number of hydrogen-bond donors (Lipinski definition) is 0. The molecule has 0 aliphatic carbocycles. The molecule has 0 bridgehead atoms. The second-order valence-electron chi connectivity index (χ2n) is 4.35. The van der Waals surface area contributed by atoms with Crippen LogP contribution in [0.3, 0.4) is 0 Å². The van der Waals surface area contributed by atoms with Crippen LogP contribution in [0.1, 0.15) is 31.3 Å². The zero-order chi connectivity index (χ0) is 13.1. The number of carbonyl (C=O) groups is 2. The molecule has 1 aromatic rings. The van der Waals surface area contributed by atoms with Crippen molar-refractivity contribution >= 4 is 11.8 Å². The SMILES string of the molecule is CC(C)(C)OC(=O)/C([O-])=C/C(=O)c1ccco1.[Li+]. The smallest absolute Gasteiger partial charge is 0.867 e. The van der Waals surface area contributed by atoms with Crippen molar-refractivity contribution in [1.29, 1.82) is 0 Å². The summed E-state index contributed by atoms with van der Waals surface area (Å²) in [5.41, 5.74) is -0.770. The topological polar surface area (TPSA) is 79.6 Å². The Bertz CT molecular complexity index is 440. The van der Waals surface area contributed by atoms with E-state index in [1.54, 1.807) is 20.8 Å². The first-order chi connectivity index (χ1) is 7.79. The van der Waals surface area contributed by atoms with Crippen LogP contribution in [0.25, 0.3) is 0 Å². The summed E-state index contributed by atoms with van der Waals surface area (Å²) in [7, 11) is 0. The molecule has 0 N–H and O–H groups in total. The van der Waals surface area contributed by atoms with Gasteiger partial charge in [0.2, 0.25) is 5.78 Å². The Hall–Kier alpha value is -1.44. The molecule has 0 aliphatic heterocycles. The van der Waals surface area contributed by atoms with Crippen LogP contribution >= 0.6 is 0 Å². The fourth-order valence-electron chi connectivity index (χ4n) is 0.996. The van der Waals surface area contributed by atoms with Gasteiger partial charge in [-0.15, -0.1) is 0 Å². The molecule has 0 unspecified atom stereocenters. The molecule has 6 heteroatoms. The zero-order valence-corrected chi connectivity index (χ0v) is 10.9. The van der Waals surface area contributed by atoms with E-state index in [0.29, 0.717) is 6.08 Å². The quantitative estimate of drug-likeness (QED) is 0.203. The minimum absolute atomic E-state index is 0. The average Bonchev–Trinajstić information content (AvgIpc) is 2.67. The van der Waals surface area contributed by atoms with E-state index in [-0.39, 0.29) is 24.6 Å². The first kappa shape index (κ1) is 16.6. The number of rotatable bonds is 3. The third-order valence-corrected chi connectivity index (χ3v) is 1.63. The summed E-state index contributed by atoms with van der Waals surface area (Å²) in [6.45, 7) is 4.89. The fraction of sp³-hybridized carbons (Fsp3) is 0.333. The number of ether oxygens (including phenoxy) is 1. The van der Waals surface area contributed by atoms with Crippen molar-refractivity contribution in [3.05, 3.63) is 36.0 Å².